The van der Waals surface area contributed by atoms with Crippen LogP contribution in [0.4, 0.5) is 0 Å². The molecule has 0 fully saturated rings. The number of nitrogens with zero attached hydrogens (tertiary/aromatic N) is 2. The maximum atomic E-state index is 12.7. The Bertz CT molecular complexity index is 985. The second-order valence-corrected chi connectivity index (χ2v) is 6.78. The number of fused-ring (bicyclic) bond motifs is 1. The lowest BCUT2D eigenvalue weighted by Gasteiger charge is -2.21. The highest BCUT2D eigenvalue weighted by Gasteiger charge is 2.21. The summed E-state index contributed by atoms with van der Waals surface area (Å²) >= 11 is 0. The van der Waals surface area contributed by atoms with Crippen LogP contribution in [0, 0.1) is 6.92 Å². The van der Waals surface area contributed by atoms with E-state index in [-0.39, 0.29) is 5.97 Å². The van der Waals surface area contributed by atoms with Crippen molar-refractivity contribution in [2.45, 2.75) is 26.9 Å². The monoisotopic (exact) mass is 378 g/mol. The van der Waals surface area contributed by atoms with Gasteiger partial charge in [-0.25, -0.2) is 4.79 Å². The molecular weight excluding hydrogens is 352 g/mol. The van der Waals surface area contributed by atoms with E-state index in [0.717, 1.165) is 33.5 Å². The third-order valence-corrected chi connectivity index (χ3v) is 4.76. The van der Waals surface area contributed by atoms with Crippen molar-refractivity contribution < 1.29 is 14.3 Å². The largest absolute Gasteiger partial charge is 0.496 e. The molecule has 0 atom stereocenters. The highest BCUT2D eigenvalue weighted by Crippen LogP contribution is 2.25. The number of aryl methyl sites for hydroxylation is 1. The van der Waals surface area contributed by atoms with Gasteiger partial charge in [-0.15, -0.1) is 0 Å². The average Bonchev–Trinajstić information content (AvgIpc) is 2.68. The van der Waals surface area contributed by atoms with E-state index in [1.165, 1.54) is 0 Å². The predicted molar refractivity (Wildman–Crippen MR) is 111 cm³/mol. The normalized spacial score (nSPS) is 11.0. The van der Waals surface area contributed by atoms with Crippen LogP contribution in [0.1, 0.15) is 34.1 Å². The van der Waals surface area contributed by atoms with Gasteiger partial charge in [-0.3, -0.25) is 9.88 Å². The summed E-state index contributed by atoms with van der Waals surface area (Å²) in [4.78, 5) is 19.6. The molecule has 0 unspecified atom stereocenters. The number of hydrogen-bond acceptors (Lipinski definition) is 5. The van der Waals surface area contributed by atoms with Crippen LogP contribution in [0.2, 0.25) is 0 Å². The Morgan fingerprint density at radius 1 is 1.07 bits per heavy atom. The summed E-state index contributed by atoms with van der Waals surface area (Å²) in [5.74, 6) is 0.529. The van der Waals surface area contributed by atoms with E-state index in [2.05, 4.69) is 4.90 Å². The molecular formula is C23H26N2O3. The molecule has 1 aromatic heterocycles. The summed E-state index contributed by atoms with van der Waals surface area (Å²) < 4.78 is 10.8. The molecule has 2 aromatic carbocycles. The molecule has 0 radical (unpaired) electrons. The summed E-state index contributed by atoms with van der Waals surface area (Å²) in [6, 6.07) is 15.8. The van der Waals surface area contributed by atoms with Gasteiger partial charge in [0.05, 0.1) is 30.5 Å². The minimum atomic E-state index is -0.320. The Morgan fingerprint density at radius 3 is 2.54 bits per heavy atom. The number of esters is 1. The summed E-state index contributed by atoms with van der Waals surface area (Å²) in [6.45, 7) is 5.31. The van der Waals surface area contributed by atoms with Crippen LogP contribution in [0.25, 0.3) is 10.9 Å². The van der Waals surface area contributed by atoms with E-state index < -0.39 is 0 Å². The molecule has 0 aliphatic rings. The number of pyridine rings is 1. The number of carbonyl (C=O) groups excluding carboxylic acids is 1. The van der Waals surface area contributed by atoms with Gasteiger partial charge in [0.1, 0.15) is 5.75 Å². The van der Waals surface area contributed by atoms with Crippen LogP contribution < -0.4 is 4.74 Å². The van der Waals surface area contributed by atoms with E-state index in [1.807, 2.05) is 69.4 Å². The zero-order valence-corrected chi connectivity index (χ0v) is 16.9. The minimum Gasteiger partial charge on any atom is -0.496 e. The van der Waals surface area contributed by atoms with Crippen molar-refractivity contribution in [3.8, 4) is 5.75 Å². The number of rotatable bonds is 7. The topological polar surface area (TPSA) is 51.7 Å². The molecule has 146 valence electrons. The van der Waals surface area contributed by atoms with E-state index in [0.29, 0.717) is 25.3 Å². The number of hydrogen-bond donors (Lipinski definition) is 0. The molecule has 1 heterocycles. The zero-order chi connectivity index (χ0) is 20.1. The molecule has 0 N–H and O–H groups in total. The summed E-state index contributed by atoms with van der Waals surface area (Å²) in [5.41, 5.74) is 4.17. The third-order valence-electron chi connectivity index (χ3n) is 4.76. The molecule has 5 heteroatoms. The Kier molecular flexibility index (Phi) is 6.26. The van der Waals surface area contributed by atoms with E-state index in [4.69, 9.17) is 14.5 Å². The number of aromatic nitrogens is 1. The van der Waals surface area contributed by atoms with E-state index >= 15 is 0 Å². The lowest BCUT2D eigenvalue weighted by Crippen LogP contribution is -2.22. The van der Waals surface area contributed by atoms with Gasteiger partial charge in [0.25, 0.3) is 0 Å². The molecule has 0 saturated carbocycles. The fraction of sp³-hybridized carbons (Fsp3) is 0.304. The number of para-hydroxylation sites is 2. The molecule has 3 rings (SSSR count). The van der Waals surface area contributed by atoms with E-state index in [1.54, 1.807) is 7.11 Å². The van der Waals surface area contributed by atoms with Crippen LogP contribution in [0.15, 0.2) is 48.5 Å². The Hall–Kier alpha value is -2.92. The maximum Gasteiger partial charge on any atom is 0.340 e. The van der Waals surface area contributed by atoms with Crippen molar-refractivity contribution in [2.75, 3.05) is 20.8 Å². The van der Waals surface area contributed by atoms with Crippen molar-refractivity contribution in [3.63, 3.8) is 0 Å². The highest BCUT2D eigenvalue weighted by molar-refractivity contribution is 5.98. The lowest BCUT2D eigenvalue weighted by molar-refractivity contribution is 0.0522. The fourth-order valence-corrected chi connectivity index (χ4v) is 3.47. The molecule has 0 spiro atoms. The van der Waals surface area contributed by atoms with Crippen molar-refractivity contribution in [2.24, 2.45) is 0 Å². The Labute approximate surface area is 165 Å². The molecule has 0 aliphatic heterocycles. The number of benzene rings is 2. The van der Waals surface area contributed by atoms with Crippen LogP contribution in [-0.2, 0) is 17.8 Å². The lowest BCUT2D eigenvalue weighted by atomic mass is 10.0. The smallest absolute Gasteiger partial charge is 0.340 e. The van der Waals surface area contributed by atoms with Gasteiger partial charge in [0, 0.05) is 24.0 Å². The van der Waals surface area contributed by atoms with Crippen molar-refractivity contribution in [1.29, 1.82) is 0 Å². The SMILES string of the molecule is CCOC(=O)c1c(CN(C)Cc2ccccc2OC)nc2ccccc2c1C. The maximum absolute atomic E-state index is 12.7. The van der Waals surface area contributed by atoms with Gasteiger partial charge in [-0.1, -0.05) is 36.4 Å². The Balaban J connectivity index is 1.96. The van der Waals surface area contributed by atoms with Gasteiger partial charge in [-0.05, 0) is 38.6 Å². The first kappa shape index (κ1) is 19.8. The van der Waals surface area contributed by atoms with Crippen molar-refractivity contribution >= 4 is 16.9 Å². The zero-order valence-electron chi connectivity index (χ0n) is 16.9. The first-order chi connectivity index (χ1) is 13.5. The summed E-state index contributed by atoms with van der Waals surface area (Å²) in [7, 11) is 3.68. The molecule has 0 aliphatic carbocycles. The van der Waals surface area contributed by atoms with Crippen LogP contribution in [-0.4, -0.2) is 36.6 Å². The second kappa shape index (κ2) is 8.85. The highest BCUT2D eigenvalue weighted by atomic mass is 16.5. The van der Waals surface area contributed by atoms with E-state index in [9.17, 15) is 4.79 Å². The molecule has 0 saturated heterocycles. The second-order valence-electron chi connectivity index (χ2n) is 6.78. The molecule has 0 amide bonds. The Morgan fingerprint density at radius 2 is 1.79 bits per heavy atom. The van der Waals surface area contributed by atoms with Crippen LogP contribution >= 0.6 is 0 Å². The van der Waals surface area contributed by atoms with Gasteiger partial charge in [-0.2, -0.15) is 0 Å². The summed E-state index contributed by atoms with van der Waals surface area (Å²) in [5, 5.41) is 0.974. The van der Waals surface area contributed by atoms with Gasteiger partial charge in [0.15, 0.2) is 0 Å². The number of methoxy groups -OCH3 is 1. The quantitative estimate of drug-likeness (QED) is 0.572. The van der Waals surface area contributed by atoms with Crippen LogP contribution in [0.5, 0.6) is 5.75 Å². The summed E-state index contributed by atoms with van der Waals surface area (Å²) in [6.07, 6.45) is 0. The van der Waals surface area contributed by atoms with Crippen molar-refractivity contribution in [1.82, 2.24) is 9.88 Å². The first-order valence-corrected chi connectivity index (χ1v) is 9.41. The average molecular weight is 378 g/mol. The van der Waals surface area contributed by atoms with Crippen LogP contribution in [0.3, 0.4) is 0 Å². The number of carbonyl (C=O) groups is 1. The molecule has 3 aromatic rings. The van der Waals surface area contributed by atoms with Gasteiger partial charge >= 0.3 is 5.97 Å². The molecule has 0 bridgehead atoms. The van der Waals surface area contributed by atoms with Gasteiger partial charge in [0.2, 0.25) is 0 Å². The number of ether oxygens (including phenoxy) is 2. The first-order valence-electron chi connectivity index (χ1n) is 9.41. The molecule has 28 heavy (non-hydrogen) atoms. The standard InChI is InChI=1S/C23H26N2O3/c1-5-28-23(26)22-16(2)18-11-7-8-12-19(18)24-20(22)15-25(3)14-17-10-6-9-13-21(17)27-4/h6-13H,5,14-15H2,1-4H3. The fourth-order valence-electron chi connectivity index (χ4n) is 3.47. The van der Waals surface area contributed by atoms with Crippen molar-refractivity contribution in [3.05, 3.63) is 70.9 Å². The van der Waals surface area contributed by atoms with Gasteiger partial charge < -0.3 is 9.47 Å². The minimum absolute atomic E-state index is 0.320. The predicted octanol–water partition coefficient (Wildman–Crippen LogP) is 4.36. The third kappa shape index (κ3) is 4.15. The molecule has 5 nitrogen and oxygen atoms in total.